The van der Waals surface area contributed by atoms with Crippen molar-refractivity contribution in [3.05, 3.63) is 72.3 Å². The van der Waals surface area contributed by atoms with Crippen molar-refractivity contribution < 1.29 is 18.4 Å². The van der Waals surface area contributed by atoms with Crippen LogP contribution in [0.3, 0.4) is 0 Å². The highest BCUT2D eigenvalue weighted by Gasteiger charge is 2.17. The Morgan fingerprint density at radius 3 is 2.43 bits per heavy atom. The van der Waals surface area contributed by atoms with Crippen molar-refractivity contribution >= 4 is 39.8 Å². The molecule has 10 heteroatoms. The monoisotopic (exact) mass is 504 g/mol. The SMILES string of the molecule is CN1CCN(c2ccc(-c3n[nH]c4cc(NC(=O)CC(=O)Nc5cccc(F)c5F)ccc34)cc2)CC1. The number of rotatable bonds is 6. The van der Waals surface area contributed by atoms with Gasteiger partial charge in [-0.15, -0.1) is 0 Å². The number of hydrogen-bond donors (Lipinski definition) is 3. The van der Waals surface area contributed by atoms with Crippen LogP contribution in [0, 0.1) is 11.6 Å². The standard InChI is InChI=1S/C27H26F2N6O2/c1-34-11-13-35(14-12-34)19-8-5-17(6-9-19)27-20-10-7-18(15-23(20)32-33-27)30-24(36)16-25(37)31-22-4-2-3-21(28)26(22)29/h2-10,15H,11-14,16H2,1H3,(H,30,36)(H,31,37)(H,32,33). The summed E-state index contributed by atoms with van der Waals surface area (Å²) in [5.74, 6) is -3.61. The molecule has 190 valence electrons. The number of nitrogens with one attached hydrogen (secondary N) is 3. The molecule has 5 rings (SSSR count). The number of aromatic nitrogens is 2. The van der Waals surface area contributed by atoms with Crippen molar-refractivity contribution in [3.63, 3.8) is 0 Å². The number of H-pyrrole nitrogens is 1. The summed E-state index contributed by atoms with van der Waals surface area (Å²) in [5.41, 5.74) is 3.84. The van der Waals surface area contributed by atoms with Crippen LogP contribution in [0.2, 0.25) is 0 Å². The van der Waals surface area contributed by atoms with Crippen LogP contribution in [0.15, 0.2) is 60.7 Å². The zero-order valence-corrected chi connectivity index (χ0v) is 20.2. The average molecular weight is 505 g/mol. The Hall–Kier alpha value is -4.31. The molecule has 0 spiro atoms. The molecule has 0 aliphatic carbocycles. The molecule has 4 aromatic rings. The number of nitrogens with zero attached hydrogens (tertiary/aromatic N) is 3. The summed E-state index contributed by atoms with van der Waals surface area (Å²) in [6.07, 6.45) is -0.554. The Bertz CT molecular complexity index is 1450. The van der Waals surface area contributed by atoms with Gasteiger partial charge in [0.2, 0.25) is 11.8 Å². The minimum Gasteiger partial charge on any atom is -0.369 e. The van der Waals surface area contributed by atoms with Crippen LogP contribution in [-0.4, -0.2) is 60.1 Å². The summed E-state index contributed by atoms with van der Waals surface area (Å²) in [6, 6.07) is 17.1. The second kappa shape index (κ2) is 10.4. The predicted molar refractivity (Wildman–Crippen MR) is 139 cm³/mol. The molecule has 3 N–H and O–H groups in total. The molecule has 0 saturated carbocycles. The van der Waals surface area contributed by atoms with E-state index < -0.39 is 29.9 Å². The zero-order chi connectivity index (χ0) is 25.9. The summed E-state index contributed by atoms with van der Waals surface area (Å²) < 4.78 is 27.0. The second-order valence-corrected chi connectivity index (χ2v) is 9.04. The minimum absolute atomic E-state index is 0.319. The highest BCUT2D eigenvalue weighted by Crippen LogP contribution is 2.30. The first-order valence-electron chi connectivity index (χ1n) is 11.9. The number of halogens is 2. The number of amides is 2. The third kappa shape index (κ3) is 5.44. The number of anilines is 3. The van der Waals surface area contributed by atoms with Crippen LogP contribution in [0.1, 0.15) is 6.42 Å². The molecule has 2 amide bonds. The van der Waals surface area contributed by atoms with Crippen LogP contribution in [0.25, 0.3) is 22.2 Å². The van der Waals surface area contributed by atoms with Gasteiger partial charge in [-0.05, 0) is 49.5 Å². The topological polar surface area (TPSA) is 93.4 Å². The summed E-state index contributed by atoms with van der Waals surface area (Å²) in [7, 11) is 2.13. The van der Waals surface area contributed by atoms with Crippen LogP contribution < -0.4 is 15.5 Å². The van der Waals surface area contributed by atoms with Gasteiger partial charge in [0.05, 0.1) is 16.9 Å². The number of benzene rings is 3. The Morgan fingerprint density at radius 1 is 0.946 bits per heavy atom. The largest absolute Gasteiger partial charge is 0.369 e. The lowest BCUT2D eigenvalue weighted by molar-refractivity contribution is -0.123. The molecule has 0 bridgehead atoms. The number of piperazine rings is 1. The summed E-state index contributed by atoms with van der Waals surface area (Å²) in [4.78, 5) is 29.1. The number of carbonyl (C=O) groups is 2. The molecule has 3 aromatic carbocycles. The average Bonchev–Trinajstić information content (AvgIpc) is 3.30. The molecule has 37 heavy (non-hydrogen) atoms. The smallest absolute Gasteiger partial charge is 0.233 e. The molecular formula is C27H26F2N6O2. The van der Waals surface area contributed by atoms with E-state index in [0.29, 0.717) is 5.69 Å². The Kier molecular flexibility index (Phi) is 6.82. The van der Waals surface area contributed by atoms with E-state index in [2.05, 4.69) is 61.9 Å². The van der Waals surface area contributed by atoms with E-state index in [9.17, 15) is 18.4 Å². The Balaban J connectivity index is 1.23. The van der Waals surface area contributed by atoms with Crippen LogP contribution in [0.5, 0.6) is 0 Å². The fourth-order valence-corrected chi connectivity index (χ4v) is 4.36. The van der Waals surface area contributed by atoms with Gasteiger partial charge < -0.3 is 20.4 Å². The molecule has 1 fully saturated rings. The van der Waals surface area contributed by atoms with E-state index in [1.165, 1.54) is 17.8 Å². The molecule has 1 aliphatic rings. The molecule has 1 saturated heterocycles. The Labute approximate surface area is 212 Å². The van der Waals surface area contributed by atoms with Gasteiger partial charge in [-0.2, -0.15) is 5.10 Å². The molecule has 0 unspecified atom stereocenters. The van der Waals surface area contributed by atoms with Crippen molar-refractivity contribution in [2.45, 2.75) is 6.42 Å². The molecule has 0 radical (unpaired) electrons. The molecule has 8 nitrogen and oxygen atoms in total. The Morgan fingerprint density at radius 2 is 1.68 bits per heavy atom. The van der Waals surface area contributed by atoms with E-state index in [0.717, 1.165) is 54.4 Å². The molecule has 1 aliphatic heterocycles. The lowest BCUT2D eigenvalue weighted by Gasteiger charge is -2.34. The van der Waals surface area contributed by atoms with Crippen molar-refractivity contribution in [2.24, 2.45) is 0 Å². The lowest BCUT2D eigenvalue weighted by atomic mass is 10.1. The van der Waals surface area contributed by atoms with Crippen molar-refractivity contribution in [1.82, 2.24) is 15.1 Å². The van der Waals surface area contributed by atoms with Gasteiger partial charge >= 0.3 is 0 Å². The first-order chi connectivity index (χ1) is 17.9. The maximum Gasteiger partial charge on any atom is 0.233 e. The quantitative estimate of drug-likeness (QED) is 0.342. The van der Waals surface area contributed by atoms with Crippen molar-refractivity contribution in [3.8, 4) is 11.3 Å². The molecule has 2 heterocycles. The van der Waals surface area contributed by atoms with Crippen LogP contribution in [0.4, 0.5) is 25.8 Å². The van der Waals surface area contributed by atoms with Crippen LogP contribution in [-0.2, 0) is 9.59 Å². The first-order valence-corrected chi connectivity index (χ1v) is 11.9. The van der Waals surface area contributed by atoms with E-state index in [1.807, 2.05) is 6.07 Å². The van der Waals surface area contributed by atoms with Gasteiger partial charge in [0, 0.05) is 48.5 Å². The number of fused-ring (bicyclic) bond motifs is 1. The third-order valence-corrected chi connectivity index (χ3v) is 6.40. The molecular weight excluding hydrogens is 478 g/mol. The van der Waals surface area contributed by atoms with Crippen LogP contribution >= 0.6 is 0 Å². The second-order valence-electron chi connectivity index (χ2n) is 9.04. The summed E-state index contributed by atoms with van der Waals surface area (Å²) in [6.45, 7) is 4.08. The maximum absolute atomic E-state index is 13.7. The fraction of sp³-hybridized carbons (Fsp3) is 0.222. The predicted octanol–water partition coefficient (Wildman–Crippen LogP) is 4.23. The van der Waals surface area contributed by atoms with Gasteiger partial charge in [0.25, 0.3) is 0 Å². The summed E-state index contributed by atoms with van der Waals surface area (Å²) >= 11 is 0. The highest BCUT2D eigenvalue weighted by atomic mass is 19.2. The normalized spacial score (nSPS) is 14.1. The van der Waals surface area contributed by atoms with Gasteiger partial charge in [0.15, 0.2) is 11.6 Å². The molecule has 1 aromatic heterocycles. The third-order valence-electron chi connectivity index (χ3n) is 6.40. The molecule has 0 atom stereocenters. The fourth-order valence-electron chi connectivity index (χ4n) is 4.36. The maximum atomic E-state index is 13.7. The number of hydrogen-bond acceptors (Lipinski definition) is 5. The number of aromatic amines is 1. The van der Waals surface area contributed by atoms with Gasteiger partial charge in [-0.25, -0.2) is 8.78 Å². The highest BCUT2D eigenvalue weighted by molar-refractivity contribution is 6.08. The van der Waals surface area contributed by atoms with Crippen molar-refractivity contribution in [1.29, 1.82) is 0 Å². The van der Waals surface area contributed by atoms with Gasteiger partial charge in [0.1, 0.15) is 6.42 Å². The van der Waals surface area contributed by atoms with E-state index in [-0.39, 0.29) is 5.69 Å². The summed E-state index contributed by atoms with van der Waals surface area (Å²) in [5, 5.41) is 13.2. The zero-order valence-electron chi connectivity index (χ0n) is 20.2. The first kappa shape index (κ1) is 24.4. The van der Waals surface area contributed by atoms with E-state index in [4.69, 9.17) is 0 Å². The van der Waals surface area contributed by atoms with Gasteiger partial charge in [-0.1, -0.05) is 18.2 Å². The number of likely N-dealkylation sites (N-methyl/N-ethyl adjacent to an activating group) is 1. The lowest BCUT2D eigenvalue weighted by Crippen LogP contribution is -2.44. The van der Waals surface area contributed by atoms with Crippen molar-refractivity contribution in [2.75, 3.05) is 48.8 Å². The minimum atomic E-state index is -1.18. The van der Waals surface area contributed by atoms with E-state index in [1.54, 1.807) is 12.1 Å². The van der Waals surface area contributed by atoms with Gasteiger partial charge in [-0.3, -0.25) is 14.7 Å². The van der Waals surface area contributed by atoms with E-state index >= 15 is 0 Å². The number of carbonyl (C=O) groups excluding carboxylic acids is 2.